The molecule has 0 aliphatic heterocycles. The van der Waals surface area contributed by atoms with E-state index in [0.29, 0.717) is 6.42 Å². The van der Waals surface area contributed by atoms with Crippen LogP contribution in [-0.4, -0.2) is 22.2 Å². The second kappa shape index (κ2) is 4.12. The molecule has 3 unspecified atom stereocenters. The van der Waals surface area contributed by atoms with Gasteiger partial charge in [-0.1, -0.05) is 23.8 Å². The smallest absolute Gasteiger partial charge is 0.311 e. The summed E-state index contributed by atoms with van der Waals surface area (Å²) in [4.78, 5) is 22.2. The van der Waals surface area contributed by atoms with E-state index in [1.54, 1.807) is 6.08 Å². The van der Waals surface area contributed by atoms with Crippen molar-refractivity contribution in [2.75, 3.05) is 0 Å². The largest absolute Gasteiger partial charge is 0.481 e. The SMILES string of the molecule is O=C(O)C1CCC2CC=CC=C2C1C(=O)O. The molecule has 3 atom stereocenters. The average Bonchev–Trinajstić information content (AvgIpc) is 2.27. The van der Waals surface area contributed by atoms with Crippen molar-refractivity contribution in [3.63, 3.8) is 0 Å². The molecule has 2 aliphatic carbocycles. The molecule has 0 radical (unpaired) electrons. The first-order valence-corrected chi connectivity index (χ1v) is 5.43. The molecule has 0 aromatic heterocycles. The van der Waals surface area contributed by atoms with Gasteiger partial charge < -0.3 is 10.2 Å². The Morgan fingerprint density at radius 3 is 2.56 bits per heavy atom. The van der Waals surface area contributed by atoms with Gasteiger partial charge in [-0.15, -0.1) is 0 Å². The van der Waals surface area contributed by atoms with Crippen LogP contribution in [-0.2, 0) is 9.59 Å². The highest BCUT2D eigenvalue weighted by atomic mass is 16.4. The van der Waals surface area contributed by atoms with Crippen LogP contribution in [0.25, 0.3) is 0 Å². The van der Waals surface area contributed by atoms with Gasteiger partial charge in [-0.25, -0.2) is 0 Å². The van der Waals surface area contributed by atoms with E-state index in [2.05, 4.69) is 0 Å². The van der Waals surface area contributed by atoms with Gasteiger partial charge in [0.1, 0.15) is 0 Å². The summed E-state index contributed by atoms with van der Waals surface area (Å²) < 4.78 is 0. The maximum Gasteiger partial charge on any atom is 0.311 e. The summed E-state index contributed by atoms with van der Waals surface area (Å²) in [6.07, 6.45) is 7.68. The van der Waals surface area contributed by atoms with E-state index in [9.17, 15) is 9.59 Å². The number of allylic oxidation sites excluding steroid dienone is 3. The van der Waals surface area contributed by atoms with Crippen LogP contribution in [0.1, 0.15) is 19.3 Å². The fraction of sp³-hybridized carbons (Fsp3) is 0.500. The van der Waals surface area contributed by atoms with Crippen molar-refractivity contribution in [2.45, 2.75) is 19.3 Å². The molecule has 0 aromatic rings. The summed E-state index contributed by atoms with van der Waals surface area (Å²) in [7, 11) is 0. The molecule has 86 valence electrons. The Morgan fingerprint density at radius 1 is 1.19 bits per heavy atom. The molecule has 0 amide bonds. The number of hydrogen-bond acceptors (Lipinski definition) is 2. The lowest BCUT2D eigenvalue weighted by molar-refractivity contribution is -0.153. The molecule has 0 heterocycles. The quantitative estimate of drug-likeness (QED) is 0.745. The molecule has 2 rings (SSSR count). The lowest BCUT2D eigenvalue weighted by Crippen LogP contribution is -2.38. The van der Waals surface area contributed by atoms with Crippen molar-refractivity contribution >= 4 is 11.9 Å². The first-order valence-electron chi connectivity index (χ1n) is 5.43. The molecule has 0 aromatic carbocycles. The normalized spacial score (nSPS) is 32.8. The Balaban J connectivity index is 2.34. The minimum atomic E-state index is -1.02. The molecule has 0 bridgehead atoms. The standard InChI is InChI=1S/C12H14O4/c13-11(14)9-6-5-7-3-1-2-4-8(7)10(9)12(15)16/h1-2,4,7,9-10H,3,5-6H2,(H,13,14)(H,15,16). The highest BCUT2D eigenvalue weighted by molar-refractivity contribution is 5.83. The van der Waals surface area contributed by atoms with E-state index in [1.165, 1.54) is 0 Å². The maximum atomic E-state index is 11.2. The zero-order chi connectivity index (χ0) is 11.7. The van der Waals surface area contributed by atoms with Gasteiger partial charge in [-0.2, -0.15) is 0 Å². The van der Waals surface area contributed by atoms with Crippen LogP contribution in [0.15, 0.2) is 23.8 Å². The van der Waals surface area contributed by atoms with Crippen molar-refractivity contribution in [3.05, 3.63) is 23.8 Å². The third-order valence-corrected chi connectivity index (χ3v) is 3.49. The predicted molar refractivity (Wildman–Crippen MR) is 56.8 cm³/mol. The summed E-state index contributed by atoms with van der Waals surface area (Å²) in [5.41, 5.74) is 0.786. The molecule has 2 aliphatic rings. The highest BCUT2D eigenvalue weighted by Gasteiger charge is 2.42. The number of carbonyl (C=O) groups is 2. The minimum Gasteiger partial charge on any atom is -0.481 e. The third kappa shape index (κ3) is 1.75. The molecule has 0 spiro atoms. The Kier molecular flexibility index (Phi) is 2.81. The number of fused-ring (bicyclic) bond motifs is 1. The zero-order valence-corrected chi connectivity index (χ0v) is 8.80. The molecule has 4 heteroatoms. The molecule has 2 N–H and O–H groups in total. The maximum absolute atomic E-state index is 11.2. The van der Waals surface area contributed by atoms with Crippen LogP contribution in [0.5, 0.6) is 0 Å². The summed E-state index contributed by atoms with van der Waals surface area (Å²) in [5.74, 6) is -3.41. The van der Waals surface area contributed by atoms with Crippen molar-refractivity contribution in [1.29, 1.82) is 0 Å². The van der Waals surface area contributed by atoms with E-state index in [1.807, 2.05) is 12.2 Å². The molecular formula is C12H14O4. The number of aliphatic carboxylic acids is 2. The molecular weight excluding hydrogens is 208 g/mol. The van der Waals surface area contributed by atoms with Gasteiger partial charge in [0.15, 0.2) is 0 Å². The number of rotatable bonds is 2. The summed E-state index contributed by atoms with van der Waals surface area (Å²) in [5, 5.41) is 18.2. The topological polar surface area (TPSA) is 74.6 Å². The van der Waals surface area contributed by atoms with Crippen LogP contribution < -0.4 is 0 Å². The molecule has 16 heavy (non-hydrogen) atoms. The van der Waals surface area contributed by atoms with Crippen molar-refractivity contribution in [3.8, 4) is 0 Å². The molecule has 4 nitrogen and oxygen atoms in total. The van der Waals surface area contributed by atoms with Gasteiger partial charge in [-0.3, -0.25) is 9.59 Å². The summed E-state index contributed by atoms with van der Waals surface area (Å²) >= 11 is 0. The highest BCUT2D eigenvalue weighted by Crippen LogP contribution is 2.42. The fourth-order valence-corrected chi connectivity index (χ4v) is 2.70. The van der Waals surface area contributed by atoms with E-state index < -0.39 is 23.8 Å². The van der Waals surface area contributed by atoms with Gasteiger partial charge in [0, 0.05) is 0 Å². The van der Waals surface area contributed by atoms with E-state index >= 15 is 0 Å². The van der Waals surface area contributed by atoms with Crippen molar-refractivity contribution < 1.29 is 19.8 Å². The van der Waals surface area contributed by atoms with Gasteiger partial charge in [0.05, 0.1) is 11.8 Å². The number of hydrogen-bond donors (Lipinski definition) is 2. The summed E-state index contributed by atoms with van der Waals surface area (Å²) in [6.45, 7) is 0. The van der Waals surface area contributed by atoms with Gasteiger partial charge >= 0.3 is 11.9 Å². The third-order valence-electron chi connectivity index (χ3n) is 3.49. The van der Waals surface area contributed by atoms with Gasteiger partial charge in [0.2, 0.25) is 0 Å². The van der Waals surface area contributed by atoms with Crippen molar-refractivity contribution in [1.82, 2.24) is 0 Å². The van der Waals surface area contributed by atoms with Crippen LogP contribution >= 0.6 is 0 Å². The van der Waals surface area contributed by atoms with E-state index in [-0.39, 0.29) is 5.92 Å². The number of carboxylic acid groups (broad SMARTS) is 2. The predicted octanol–water partition coefficient (Wildman–Crippen LogP) is 1.68. The Bertz CT molecular complexity index is 380. The monoisotopic (exact) mass is 222 g/mol. The second-order valence-corrected chi connectivity index (χ2v) is 4.37. The first-order chi connectivity index (χ1) is 7.61. The zero-order valence-electron chi connectivity index (χ0n) is 8.80. The lowest BCUT2D eigenvalue weighted by Gasteiger charge is -2.35. The van der Waals surface area contributed by atoms with Gasteiger partial charge in [0.25, 0.3) is 0 Å². The Hall–Kier alpha value is -1.58. The van der Waals surface area contributed by atoms with Gasteiger partial charge in [-0.05, 0) is 25.2 Å². The minimum absolute atomic E-state index is 0.224. The van der Waals surface area contributed by atoms with Crippen LogP contribution in [0.4, 0.5) is 0 Å². The van der Waals surface area contributed by atoms with E-state index in [0.717, 1.165) is 18.4 Å². The first kappa shape index (κ1) is 10.9. The summed E-state index contributed by atoms with van der Waals surface area (Å²) in [6, 6.07) is 0. The lowest BCUT2D eigenvalue weighted by atomic mass is 9.68. The van der Waals surface area contributed by atoms with Crippen LogP contribution in [0.3, 0.4) is 0 Å². The fourth-order valence-electron chi connectivity index (χ4n) is 2.70. The number of carboxylic acids is 2. The molecule has 1 fully saturated rings. The second-order valence-electron chi connectivity index (χ2n) is 4.37. The van der Waals surface area contributed by atoms with Crippen LogP contribution in [0.2, 0.25) is 0 Å². The molecule has 0 saturated heterocycles. The molecule has 1 saturated carbocycles. The average molecular weight is 222 g/mol. The van der Waals surface area contributed by atoms with Crippen molar-refractivity contribution in [2.24, 2.45) is 17.8 Å². The van der Waals surface area contributed by atoms with E-state index in [4.69, 9.17) is 10.2 Å². The Morgan fingerprint density at radius 2 is 1.94 bits per heavy atom. The Labute approximate surface area is 93.3 Å². The van der Waals surface area contributed by atoms with Crippen LogP contribution in [0, 0.1) is 17.8 Å².